The smallest absolute Gasteiger partial charge is 0.322 e. The van der Waals surface area contributed by atoms with Crippen LogP contribution in [0.3, 0.4) is 0 Å². The van der Waals surface area contributed by atoms with E-state index in [0.717, 1.165) is 54.7 Å². The Balaban J connectivity index is 1.11. The van der Waals surface area contributed by atoms with Crippen molar-refractivity contribution in [3.05, 3.63) is 58.1 Å². The highest BCUT2D eigenvalue weighted by Crippen LogP contribution is 2.29. The van der Waals surface area contributed by atoms with Gasteiger partial charge in [-0.25, -0.2) is 9.59 Å². The quantitative estimate of drug-likeness (QED) is 0.382. The third-order valence-corrected chi connectivity index (χ3v) is 10.5. The topological polar surface area (TPSA) is 114 Å². The molecule has 0 aromatic heterocycles. The number of amides is 5. The van der Waals surface area contributed by atoms with Crippen molar-refractivity contribution >= 4 is 40.9 Å². The van der Waals surface area contributed by atoms with Crippen LogP contribution in [0.5, 0.6) is 0 Å². The van der Waals surface area contributed by atoms with Crippen LogP contribution < -0.4 is 16.4 Å². The van der Waals surface area contributed by atoms with E-state index < -0.39 is 6.04 Å². The molecule has 4 aliphatic heterocycles. The molecule has 0 spiro atoms. The second-order valence-corrected chi connectivity index (χ2v) is 13.4. The van der Waals surface area contributed by atoms with Crippen LogP contribution in [0.1, 0.15) is 62.1 Å². The molecule has 4 aliphatic rings. The van der Waals surface area contributed by atoms with Crippen molar-refractivity contribution in [1.29, 1.82) is 0 Å². The molecule has 2 aromatic carbocycles. The number of piperidine rings is 2. The Hall–Kier alpha value is -3.50. The van der Waals surface area contributed by atoms with Crippen molar-refractivity contribution in [2.75, 3.05) is 50.3 Å². The molecule has 0 saturated carbocycles. The molecular weight excluding hydrogens is 590 g/mol. The Labute approximate surface area is 271 Å². The molecule has 45 heavy (non-hydrogen) atoms. The standard InChI is InChI=1S/C34H46ClN7O3/c1-2-24-19-23(20-28(35)31(24)36)21-30(32(43)40-15-9-26(10-16-40)39-13-5-6-14-39)38-33(44)41-17-11-27(12-18-41)42-22-25-7-3-4-8-29(25)37-34(42)45/h3-4,7-8,19-20,26-27,30H,2,5-6,9-18,21-22,36H2,1H3,(H,37,45)(H,38,44)/t30-/m1/s1. The van der Waals surface area contributed by atoms with E-state index in [9.17, 15) is 14.4 Å². The molecular formula is C34H46ClN7O3. The summed E-state index contributed by atoms with van der Waals surface area (Å²) in [6.07, 6.45) is 6.86. The molecule has 1 atom stereocenters. The number of carbonyl (C=O) groups excluding carboxylic acids is 3. The average Bonchev–Trinajstić information content (AvgIpc) is 3.61. The predicted octanol–water partition coefficient (Wildman–Crippen LogP) is 4.70. The fourth-order valence-corrected chi connectivity index (χ4v) is 7.76. The second kappa shape index (κ2) is 13.9. The van der Waals surface area contributed by atoms with Crippen molar-refractivity contribution in [3.63, 3.8) is 0 Å². The van der Waals surface area contributed by atoms with Gasteiger partial charge in [0.2, 0.25) is 5.91 Å². The van der Waals surface area contributed by atoms with Crippen molar-refractivity contribution in [2.24, 2.45) is 0 Å². The lowest BCUT2D eigenvalue weighted by Crippen LogP contribution is -2.57. The number of nitrogens with two attached hydrogens (primary N) is 1. The van der Waals surface area contributed by atoms with Crippen molar-refractivity contribution < 1.29 is 14.4 Å². The number of benzene rings is 2. The number of nitrogens with one attached hydrogen (secondary N) is 2. The molecule has 10 nitrogen and oxygen atoms in total. The molecule has 0 aliphatic carbocycles. The Morgan fingerprint density at radius 1 is 0.978 bits per heavy atom. The van der Waals surface area contributed by atoms with Crippen LogP contribution in [0, 0.1) is 0 Å². The number of para-hydroxylation sites is 1. The fourth-order valence-electron chi connectivity index (χ4n) is 7.50. The number of carbonyl (C=O) groups is 3. The van der Waals surface area contributed by atoms with Gasteiger partial charge in [-0.15, -0.1) is 0 Å². The molecule has 4 N–H and O–H groups in total. The first-order chi connectivity index (χ1) is 21.8. The lowest BCUT2D eigenvalue weighted by molar-refractivity contribution is -0.134. The normalized spacial score (nSPS) is 20.6. The summed E-state index contributed by atoms with van der Waals surface area (Å²) in [7, 11) is 0. The van der Waals surface area contributed by atoms with E-state index >= 15 is 0 Å². The van der Waals surface area contributed by atoms with Crippen LogP contribution in [-0.4, -0.2) is 95.0 Å². The number of anilines is 2. The first-order valence-corrected chi connectivity index (χ1v) is 17.0. The van der Waals surface area contributed by atoms with Crippen LogP contribution in [0.2, 0.25) is 5.02 Å². The summed E-state index contributed by atoms with van der Waals surface area (Å²) in [5.41, 5.74) is 10.5. The number of nitrogens with zero attached hydrogens (tertiary/aromatic N) is 4. The van der Waals surface area contributed by atoms with Gasteiger partial charge in [-0.1, -0.05) is 42.8 Å². The maximum Gasteiger partial charge on any atom is 0.322 e. The molecule has 0 bridgehead atoms. The van der Waals surface area contributed by atoms with Gasteiger partial charge in [0.05, 0.1) is 10.7 Å². The Bertz CT molecular complexity index is 1400. The summed E-state index contributed by atoms with van der Waals surface area (Å²) in [6.45, 7) is 7.31. The van der Waals surface area contributed by atoms with Gasteiger partial charge in [-0.2, -0.15) is 0 Å². The first kappa shape index (κ1) is 31.5. The lowest BCUT2D eigenvalue weighted by Gasteiger charge is -2.41. The zero-order valence-corrected chi connectivity index (χ0v) is 27.0. The molecule has 6 rings (SSSR count). The maximum atomic E-state index is 14.0. The molecule has 242 valence electrons. The first-order valence-electron chi connectivity index (χ1n) is 16.6. The minimum absolute atomic E-state index is 0.0427. The van der Waals surface area contributed by atoms with Gasteiger partial charge in [0.25, 0.3) is 0 Å². The molecule has 0 unspecified atom stereocenters. The zero-order chi connectivity index (χ0) is 31.5. The number of rotatable bonds is 7. The fraction of sp³-hybridized carbons (Fsp3) is 0.559. The van der Waals surface area contributed by atoms with Crippen molar-refractivity contribution in [1.82, 2.24) is 24.9 Å². The third kappa shape index (κ3) is 7.02. The highest BCUT2D eigenvalue weighted by molar-refractivity contribution is 6.33. The van der Waals surface area contributed by atoms with Gasteiger partial charge in [0.15, 0.2) is 0 Å². The van der Waals surface area contributed by atoms with E-state index in [1.807, 2.05) is 53.1 Å². The van der Waals surface area contributed by atoms with Gasteiger partial charge >= 0.3 is 12.1 Å². The van der Waals surface area contributed by atoms with E-state index in [1.54, 1.807) is 4.90 Å². The number of hydrogen-bond acceptors (Lipinski definition) is 5. The number of urea groups is 2. The minimum atomic E-state index is -0.715. The van der Waals surface area contributed by atoms with Crippen molar-refractivity contribution in [2.45, 2.75) is 83.0 Å². The van der Waals surface area contributed by atoms with E-state index in [4.69, 9.17) is 17.3 Å². The van der Waals surface area contributed by atoms with Crippen molar-refractivity contribution in [3.8, 4) is 0 Å². The Kier molecular flexibility index (Phi) is 9.70. The van der Waals surface area contributed by atoms with Gasteiger partial charge in [-0.3, -0.25) is 4.79 Å². The van der Waals surface area contributed by atoms with E-state index in [2.05, 4.69) is 15.5 Å². The summed E-state index contributed by atoms with van der Waals surface area (Å²) < 4.78 is 0. The van der Waals surface area contributed by atoms with Gasteiger partial charge in [0.1, 0.15) is 6.04 Å². The van der Waals surface area contributed by atoms with Crippen LogP contribution in [0.25, 0.3) is 0 Å². The second-order valence-electron chi connectivity index (χ2n) is 12.9. The summed E-state index contributed by atoms with van der Waals surface area (Å²) in [6, 6.07) is 11.2. The number of fused-ring (bicyclic) bond motifs is 1. The number of nitrogen functional groups attached to an aromatic ring is 1. The van der Waals surface area contributed by atoms with E-state index in [-0.39, 0.29) is 24.0 Å². The van der Waals surface area contributed by atoms with Crippen LogP contribution >= 0.6 is 11.6 Å². The van der Waals surface area contributed by atoms with Crippen LogP contribution in [-0.2, 0) is 24.2 Å². The van der Waals surface area contributed by atoms with Gasteiger partial charge in [-0.05, 0) is 86.9 Å². The monoisotopic (exact) mass is 635 g/mol. The maximum absolute atomic E-state index is 14.0. The summed E-state index contributed by atoms with van der Waals surface area (Å²) in [5.74, 6) is -0.0484. The molecule has 5 amide bonds. The van der Waals surface area contributed by atoms with E-state index in [0.29, 0.717) is 68.7 Å². The zero-order valence-electron chi connectivity index (χ0n) is 26.3. The number of aryl methyl sites for hydroxylation is 1. The highest BCUT2D eigenvalue weighted by atomic mass is 35.5. The number of likely N-dealkylation sites (tertiary alicyclic amines) is 3. The molecule has 11 heteroatoms. The summed E-state index contributed by atoms with van der Waals surface area (Å²) in [4.78, 5) is 48.7. The molecule has 0 radical (unpaired) electrons. The van der Waals surface area contributed by atoms with Crippen LogP contribution in [0.15, 0.2) is 36.4 Å². The number of hydrogen-bond donors (Lipinski definition) is 3. The summed E-state index contributed by atoms with van der Waals surface area (Å²) >= 11 is 6.48. The highest BCUT2D eigenvalue weighted by Gasteiger charge is 2.36. The molecule has 3 fully saturated rings. The molecule has 4 heterocycles. The largest absolute Gasteiger partial charge is 0.397 e. The summed E-state index contributed by atoms with van der Waals surface area (Å²) in [5, 5.41) is 6.58. The van der Waals surface area contributed by atoms with Gasteiger partial charge in [0, 0.05) is 56.9 Å². The Morgan fingerprint density at radius 3 is 2.36 bits per heavy atom. The number of halogens is 1. The van der Waals surface area contributed by atoms with Gasteiger partial charge < -0.3 is 36.0 Å². The molecule has 2 aromatic rings. The molecule has 3 saturated heterocycles. The van der Waals surface area contributed by atoms with Crippen LogP contribution in [0.4, 0.5) is 21.0 Å². The Morgan fingerprint density at radius 2 is 1.64 bits per heavy atom. The lowest BCUT2D eigenvalue weighted by atomic mass is 9.98. The average molecular weight is 636 g/mol. The van der Waals surface area contributed by atoms with E-state index in [1.165, 1.54) is 12.8 Å². The minimum Gasteiger partial charge on any atom is -0.397 e. The third-order valence-electron chi connectivity index (χ3n) is 10.2. The predicted molar refractivity (Wildman–Crippen MR) is 177 cm³/mol. The SMILES string of the molecule is CCc1cc(C[C@@H](NC(=O)N2CCC(N3Cc4ccccc4NC3=O)CC2)C(=O)N2CCC(N3CCCC3)CC2)cc(Cl)c1N.